The van der Waals surface area contributed by atoms with Gasteiger partial charge in [0.2, 0.25) is 0 Å². The van der Waals surface area contributed by atoms with Crippen LogP contribution >= 0.6 is 0 Å². The molecule has 0 saturated carbocycles. The minimum Gasteiger partial charge on any atom is -0.480 e. The van der Waals surface area contributed by atoms with Crippen LogP contribution < -0.4 is 5.32 Å². The summed E-state index contributed by atoms with van der Waals surface area (Å²) in [5.41, 5.74) is 4.66. The maximum absolute atomic E-state index is 13.2. The summed E-state index contributed by atoms with van der Waals surface area (Å²) in [5, 5.41) is 15.8. The van der Waals surface area contributed by atoms with E-state index in [2.05, 4.69) is 16.3 Å². The summed E-state index contributed by atoms with van der Waals surface area (Å²) in [6, 6.07) is 16.2. The number of amides is 2. The number of benzene rings is 2. The highest BCUT2D eigenvalue weighted by Crippen LogP contribution is 2.44. The van der Waals surface area contributed by atoms with E-state index in [1.54, 1.807) is 13.1 Å². The number of aryl methyl sites for hydroxylation is 1. The first-order valence-electron chi connectivity index (χ1n) is 10.9. The van der Waals surface area contributed by atoms with Gasteiger partial charge in [-0.05, 0) is 28.3 Å². The monoisotopic (exact) mass is 472 g/mol. The standard InChI is InChI=1S/C26H24N4O5/c1-3-14-30(15-23(31)32)25(33)24(22-12-13-27-29(22)2)28-26(34)35-16-21-19-10-6-4-8-17(19)18-9-5-7-11-20(18)21/h1,4-13,21,24H,14-16H2,2H3,(H,28,34)(H,31,32). The summed E-state index contributed by atoms with van der Waals surface area (Å²) in [5.74, 6) is 0.228. The number of nitrogens with one attached hydrogen (secondary N) is 1. The molecule has 0 aliphatic heterocycles. The summed E-state index contributed by atoms with van der Waals surface area (Å²) in [7, 11) is 1.61. The molecule has 3 aromatic rings. The molecule has 1 heterocycles. The molecule has 4 rings (SSSR count). The number of aromatic nitrogens is 2. The summed E-state index contributed by atoms with van der Waals surface area (Å²) < 4.78 is 6.99. The Labute approximate surface area is 202 Å². The van der Waals surface area contributed by atoms with E-state index in [1.807, 2.05) is 48.5 Å². The maximum atomic E-state index is 13.2. The zero-order valence-corrected chi connectivity index (χ0v) is 19.0. The maximum Gasteiger partial charge on any atom is 0.408 e. The zero-order chi connectivity index (χ0) is 24.9. The first-order chi connectivity index (χ1) is 16.9. The van der Waals surface area contributed by atoms with Gasteiger partial charge < -0.3 is 20.1 Å². The average Bonchev–Trinajstić information content (AvgIpc) is 3.41. The van der Waals surface area contributed by atoms with Crippen LogP contribution in [0.5, 0.6) is 0 Å². The van der Waals surface area contributed by atoms with E-state index in [0.29, 0.717) is 5.69 Å². The van der Waals surface area contributed by atoms with E-state index in [4.69, 9.17) is 11.2 Å². The topological polar surface area (TPSA) is 114 Å². The van der Waals surface area contributed by atoms with E-state index in [9.17, 15) is 19.5 Å². The van der Waals surface area contributed by atoms with Crippen molar-refractivity contribution in [2.75, 3.05) is 19.7 Å². The Bertz CT molecular complexity index is 1260. The fourth-order valence-electron chi connectivity index (χ4n) is 4.36. The number of alkyl carbamates (subject to hydrolysis) is 1. The van der Waals surface area contributed by atoms with Gasteiger partial charge in [-0.15, -0.1) is 6.42 Å². The van der Waals surface area contributed by atoms with Crippen molar-refractivity contribution in [1.29, 1.82) is 0 Å². The molecule has 9 heteroatoms. The van der Waals surface area contributed by atoms with Crippen molar-refractivity contribution in [3.05, 3.63) is 77.6 Å². The number of carboxylic acids is 1. The third kappa shape index (κ3) is 4.87. The fourth-order valence-corrected chi connectivity index (χ4v) is 4.36. The zero-order valence-electron chi connectivity index (χ0n) is 19.0. The van der Waals surface area contributed by atoms with E-state index >= 15 is 0 Å². The molecule has 2 amide bonds. The Kier molecular flexibility index (Phi) is 6.83. The van der Waals surface area contributed by atoms with Crippen LogP contribution in [-0.4, -0.2) is 57.5 Å². The Hall–Kier alpha value is -4.58. The van der Waals surface area contributed by atoms with Crippen LogP contribution in [0.15, 0.2) is 60.8 Å². The largest absolute Gasteiger partial charge is 0.480 e. The van der Waals surface area contributed by atoms with Crippen molar-refractivity contribution >= 4 is 18.0 Å². The molecule has 0 saturated heterocycles. The molecule has 9 nitrogen and oxygen atoms in total. The molecule has 35 heavy (non-hydrogen) atoms. The predicted molar refractivity (Wildman–Crippen MR) is 127 cm³/mol. The van der Waals surface area contributed by atoms with Gasteiger partial charge in [0.1, 0.15) is 13.2 Å². The van der Waals surface area contributed by atoms with Crippen molar-refractivity contribution in [2.45, 2.75) is 12.0 Å². The van der Waals surface area contributed by atoms with E-state index in [1.165, 1.54) is 10.9 Å². The van der Waals surface area contributed by atoms with Gasteiger partial charge in [0.25, 0.3) is 5.91 Å². The third-order valence-corrected chi connectivity index (χ3v) is 5.93. The highest BCUT2D eigenvalue weighted by Gasteiger charge is 2.33. The fraction of sp³-hybridized carbons (Fsp3) is 0.231. The molecule has 0 radical (unpaired) electrons. The molecule has 1 aliphatic carbocycles. The second-order valence-corrected chi connectivity index (χ2v) is 8.07. The number of carboxylic acid groups (broad SMARTS) is 1. The quantitative estimate of drug-likeness (QED) is 0.487. The van der Waals surface area contributed by atoms with Gasteiger partial charge in [0.15, 0.2) is 6.04 Å². The van der Waals surface area contributed by atoms with Gasteiger partial charge in [0, 0.05) is 19.2 Å². The number of carbonyl (C=O) groups is 3. The minimum absolute atomic E-state index is 0.0648. The molecular formula is C26H24N4O5. The molecule has 0 bridgehead atoms. The summed E-state index contributed by atoms with van der Waals surface area (Å²) >= 11 is 0. The molecule has 1 aliphatic rings. The van der Waals surface area contributed by atoms with E-state index in [0.717, 1.165) is 27.2 Å². The Morgan fingerprint density at radius 2 is 1.77 bits per heavy atom. The van der Waals surface area contributed by atoms with Gasteiger partial charge in [0.05, 0.1) is 12.2 Å². The Morgan fingerprint density at radius 1 is 1.14 bits per heavy atom. The summed E-state index contributed by atoms with van der Waals surface area (Å²) in [6.45, 7) is -0.773. The SMILES string of the molecule is C#CCN(CC(=O)O)C(=O)C(NC(=O)OCC1c2ccccc2-c2ccccc21)c1ccnn1C. The van der Waals surface area contributed by atoms with Crippen LogP contribution in [0.25, 0.3) is 11.1 Å². The molecule has 0 fully saturated rings. The number of nitrogens with zero attached hydrogens (tertiary/aromatic N) is 3. The van der Waals surface area contributed by atoms with Crippen LogP contribution in [0.4, 0.5) is 4.79 Å². The highest BCUT2D eigenvalue weighted by atomic mass is 16.5. The second-order valence-electron chi connectivity index (χ2n) is 8.07. The van der Waals surface area contributed by atoms with Gasteiger partial charge in [-0.1, -0.05) is 54.5 Å². The number of ether oxygens (including phenoxy) is 1. The Morgan fingerprint density at radius 3 is 2.31 bits per heavy atom. The van der Waals surface area contributed by atoms with E-state index in [-0.39, 0.29) is 19.1 Å². The Balaban J connectivity index is 1.52. The number of hydrogen-bond acceptors (Lipinski definition) is 5. The molecule has 0 spiro atoms. The van der Waals surface area contributed by atoms with Crippen molar-refractivity contribution in [3.63, 3.8) is 0 Å². The van der Waals surface area contributed by atoms with Crippen LogP contribution in [0.1, 0.15) is 28.8 Å². The summed E-state index contributed by atoms with van der Waals surface area (Å²) in [6.07, 6.45) is 5.97. The lowest BCUT2D eigenvalue weighted by Gasteiger charge is -2.25. The van der Waals surface area contributed by atoms with Gasteiger partial charge in [-0.25, -0.2) is 4.79 Å². The highest BCUT2D eigenvalue weighted by molar-refractivity contribution is 5.89. The molecule has 2 aromatic carbocycles. The molecule has 1 aromatic heterocycles. The van der Waals surface area contributed by atoms with Gasteiger partial charge >= 0.3 is 12.1 Å². The number of rotatable bonds is 8. The second kappa shape index (κ2) is 10.1. The molecule has 1 unspecified atom stereocenters. The molecular weight excluding hydrogens is 448 g/mol. The van der Waals surface area contributed by atoms with Gasteiger partial charge in [-0.3, -0.25) is 14.3 Å². The third-order valence-electron chi connectivity index (χ3n) is 5.93. The molecule has 2 N–H and O–H groups in total. The van der Waals surface area contributed by atoms with Crippen LogP contribution in [0, 0.1) is 12.3 Å². The van der Waals surface area contributed by atoms with Crippen LogP contribution in [0.3, 0.4) is 0 Å². The van der Waals surface area contributed by atoms with Crippen molar-refractivity contribution < 1.29 is 24.2 Å². The lowest BCUT2D eigenvalue weighted by atomic mass is 9.98. The number of carbonyl (C=O) groups excluding carboxylic acids is 2. The lowest BCUT2D eigenvalue weighted by Crippen LogP contribution is -2.46. The van der Waals surface area contributed by atoms with Gasteiger partial charge in [-0.2, -0.15) is 5.10 Å². The molecule has 178 valence electrons. The first-order valence-corrected chi connectivity index (χ1v) is 10.9. The number of terminal acetylenes is 1. The lowest BCUT2D eigenvalue weighted by molar-refractivity contribution is -0.144. The average molecular weight is 473 g/mol. The smallest absolute Gasteiger partial charge is 0.408 e. The van der Waals surface area contributed by atoms with Crippen molar-refractivity contribution in [1.82, 2.24) is 20.0 Å². The molecule has 1 atom stereocenters. The minimum atomic E-state index is -1.23. The normalized spacial score (nSPS) is 12.7. The first kappa shape index (κ1) is 23.6. The van der Waals surface area contributed by atoms with Crippen molar-refractivity contribution in [3.8, 4) is 23.5 Å². The predicted octanol–water partition coefficient (Wildman–Crippen LogP) is 2.55. The summed E-state index contributed by atoms with van der Waals surface area (Å²) in [4.78, 5) is 38.3. The van der Waals surface area contributed by atoms with Crippen LogP contribution in [0.2, 0.25) is 0 Å². The van der Waals surface area contributed by atoms with Crippen LogP contribution in [-0.2, 0) is 21.4 Å². The number of aliphatic carboxylic acids is 1. The number of fused-ring (bicyclic) bond motifs is 3. The van der Waals surface area contributed by atoms with E-state index < -0.39 is 30.6 Å². The van der Waals surface area contributed by atoms with Crippen molar-refractivity contribution in [2.24, 2.45) is 7.05 Å². The number of hydrogen-bond donors (Lipinski definition) is 2.